The Morgan fingerprint density at radius 2 is 1.83 bits per heavy atom. The summed E-state index contributed by atoms with van der Waals surface area (Å²) in [7, 11) is -0.942. The zero-order chi connectivity index (χ0) is 16.8. The van der Waals surface area contributed by atoms with E-state index in [1.165, 1.54) is 24.2 Å². The summed E-state index contributed by atoms with van der Waals surface area (Å²) in [5, 5.41) is 0. The molecule has 0 atom stereocenters. The molecule has 1 aliphatic carbocycles. The lowest BCUT2D eigenvalue weighted by Crippen LogP contribution is -2.41. The molecular weight excluding hydrogens is 310 g/mol. The van der Waals surface area contributed by atoms with Crippen molar-refractivity contribution in [1.82, 2.24) is 0 Å². The molecule has 5 heteroatoms. The van der Waals surface area contributed by atoms with E-state index in [0.29, 0.717) is 11.5 Å². The Kier molecular flexibility index (Phi) is 4.21. The van der Waals surface area contributed by atoms with E-state index in [2.05, 4.69) is 11.8 Å². The molecule has 0 unspecified atom stereocenters. The smallest absolute Gasteiger partial charge is 0.398 e. The quantitative estimate of drug-likeness (QED) is 0.570. The molecule has 1 aromatic heterocycles. The number of hydrogen-bond donors (Lipinski definition) is 0. The van der Waals surface area contributed by atoms with Gasteiger partial charge in [-0.1, -0.05) is 11.8 Å². The highest BCUT2D eigenvalue weighted by Gasteiger charge is 2.53. The van der Waals surface area contributed by atoms with Crippen LogP contribution in [0, 0.1) is 17.8 Å². The minimum atomic E-state index is -0.942. The first-order valence-corrected chi connectivity index (χ1v) is 8.85. The van der Waals surface area contributed by atoms with Gasteiger partial charge in [0.2, 0.25) is 0 Å². The van der Waals surface area contributed by atoms with Gasteiger partial charge in [0.25, 0.3) is 0 Å². The first kappa shape index (κ1) is 16.8. The van der Waals surface area contributed by atoms with E-state index in [-0.39, 0.29) is 5.73 Å². The fraction of sp³-hybridized carbons (Fsp3) is 0.556. The van der Waals surface area contributed by atoms with Crippen LogP contribution in [0.15, 0.2) is 17.9 Å². The van der Waals surface area contributed by atoms with Crippen LogP contribution in [0.25, 0.3) is 5.57 Å². The zero-order valence-corrected chi connectivity index (χ0v) is 15.1. The molecule has 1 saturated carbocycles. The lowest BCUT2D eigenvalue weighted by atomic mass is 9.84. The largest absolute Gasteiger partial charge is 0.525 e. The molecular formula is C18H22BFO2S. The molecule has 2 heterocycles. The first-order valence-electron chi connectivity index (χ1n) is 8.03. The monoisotopic (exact) mass is 332 g/mol. The predicted octanol–water partition coefficient (Wildman–Crippen LogP) is 4.84. The van der Waals surface area contributed by atoms with Crippen molar-refractivity contribution < 1.29 is 13.7 Å². The summed E-state index contributed by atoms with van der Waals surface area (Å²) in [5.74, 6) is 6.98. The van der Waals surface area contributed by atoms with Crippen molar-refractivity contribution in [2.75, 3.05) is 0 Å². The van der Waals surface area contributed by atoms with Crippen molar-refractivity contribution in [3.05, 3.63) is 27.6 Å². The number of rotatable bonds is 2. The maximum atomic E-state index is 14.8. The van der Waals surface area contributed by atoms with Gasteiger partial charge < -0.3 is 9.31 Å². The predicted molar refractivity (Wildman–Crippen MR) is 93.7 cm³/mol. The summed E-state index contributed by atoms with van der Waals surface area (Å²) in [6, 6.07) is 3.87. The summed E-state index contributed by atoms with van der Waals surface area (Å²) in [5.41, 5.74) is -0.864. The summed E-state index contributed by atoms with van der Waals surface area (Å²) >= 11 is 1.52. The second kappa shape index (κ2) is 5.77. The fourth-order valence-electron chi connectivity index (χ4n) is 2.25. The van der Waals surface area contributed by atoms with Crippen LogP contribution < -0.4 is 0 Å². The third-order valence-corrected chi connectivity index (χ3v) is 5.89. The van der Waals surface area contributed by atoms with Crippen molar-refractivity contribution in [3.8, 4) is 11.8 Å². The lowest BCUT2D eigenvalue weighted by molar-refractivity contribution is 0.00578. The number of thiophene rings is 1. The normalized spacial score (nSPS) is 23.3. The Morgan fingerprint density at radius 1 is 1.22 bits per heavy atom. The highest BCUT2D eigenvalue weighted by molar-refractivity contribution is 7.13. The van der Waals surface area contributed by atoms with Crippen molar-refractivity contribution >= 4 is 24.0 Å². The summed E-state index contributed by atoms with van der Waals surface area (Å²) < 4.78 is 26.4. The number of hydrogen-bond acceptors (Lipinski definition) is 3. The molecule has 1 aliphatic heterocycles. The molecule has 1 saturated heterocycles. The molecule has 0 bridgehead atoms. The minimum absolute atomic E-state index is 0.354. The van der Waals surface area contributed by atoms with Gasteiger partial charge in [0.05, 0.1) is 16.1 Å². The van der Waals surface area contributed by atoms with Crippen LogP contribution in [0.5, 0.6) is 0 Å². The Morgan fingerprint density at radius 3 is 2.39 bits per heavy atom. The average molecular weight is 332 g/mol. The molecule has 23 heavy (non-hydrogen) atoms. The standard InChI is InChI=1S/C18H22BFO2S/c1-12(15-11-10-14(23-15)9-8-13-6-7-13)16(20)19-21-17(2,3)18(4,5)22-19/h10-11,13H,6-7H2,1-5H3. The molecule has 0 spiro atoms. The van der Waals surface area contributed by atoms with Crippen LogP contribution in [0.3, 0.4) is 0 Å². The fourth-order valence-corrected chi connectivity index (χ4v) is 3.12. The minimum Gasteiger partial charge on any atom is -0.398 e. The Balaban J connectivity index is 1.80. The highest BCUT2D eigenvalue weighted by atomic mass is 32.1. The molecule has 2 nitrogen and oxygen atoms in total. The van der Waals surface area contributed by atoms with Gasteiger partial charge >= 0.3 is 7.12 Å². The van der Waals surface area contributed by atoms with Gasteiger partial charge in [-0.25, -0.2) is 4.39 Å². The second-order valence-corrected chi connectivity index (χ2v) is 8.35. The van der Waals surface area contributed by atoms with E-state index in [1.54, 1.807) is 6.92 Å². The van der Waals surface area contributed by atoms with E-state index >= 15 is 0 Å². The van der Waals surface area contributed by atoms with Gasteiger partial charge in [0.15, 0.2) is 0 Å². The zero-order valence-electron chi connectivity index (χ0n) is 14.3. The van der Waals surface area contributed by atoms with Crippen LogP contribution in [-0.4, -0.2) is 18.3 Å². The molecule has 3 rings (SSSR count). The van der Waals surface area contributed by atoms with Crippen LogP contribution in [0.1, 0.15) is 57.2 Å². The van der Waals surface area contributed by atoms with Crippen LogP contribution in [0.2, 0.25) is 0 Å². The maximum Gasteiger partial charge on any atom is 0.525 e. The highest BCUT2D eigenvalue weighted by Crippen LogP contribution is 2.40. The van der Waals surface area contributed by atoms with Gasteiger partial charge in [-0.3, -0.25) is 0 Å². The molecule has 0 aromatic carbocycles. The molecule has 0 N–H and O–H groups in total. The molecule has 0 amide bonds. The maximum absolute atomic E-state index is 14.8. The summed E-state index contributed by atoms with van der Waals surface area (Å²) in [4.78, 5) is 1.85. The van der Waals surface area contributed by atoms with E-state index in [0.717, 1.165) is 9.75 Å². The van der Waals surface area contributed by atoms with Gasteiger partial charge in [-0.2, -0.15) is 0 Å². The van der Waals surface area contributed by atoms with Gasteiger partial charge in [-0.05, 0) is 65.2 Å². The molecule has 1 aromatic rings. The Hall–Kier alpha value is -1.09. The van der Waals surface area contributed by atoms with Crippen molar-refractivity contribution in [2.45, 2.75) is 58.7 Å². The van der Waals surface area contributed by atoms with E-state index < -0.39 is 18.3 Å². The van der Waals surface area contributed by atoms with E-state index in [4.69, 9.17) is 9.31 Å². The topological polar surface area (TPSA) is 18.5 Å². The Bertz CT molecular complexity index is 688. The molecule has 0 radical (unpaired) electrons. The second-order valence-electron chi connectivity index (χ2n) is 7.27. The van der Waals surface area contributed by atoms with Gasteiger partial charge in [0, 0.05) is 10.8 Å². The van der Waals surface area contributed by atoms with Crippen molar-refractivity contribution in [1.29, 1.82) is 0 Å². The summed E-state index contributed by atoms with van der Waals surface area (Å²) in [6.45, 7) is 9.46. The molecule has 122 valence electrons. The van der Waals surface area contributed by atoms with Gasteiger partial charge in [-0.15, -0.1) is 11.3 Å². The lowest BCUT2D eigenvalue weighted by Gasteiger charge is -2.32. The number of allylic oxidation sites excluding steroid dienone is 1. The molecule has 2 aliphatic rings. The van der Waals surface area contributed by atoms with Crippen molar-refractivity contribution in [2.24, 2.45) is 5.92 Å². The van der Waals surface area contributed by atoms with Gasteiger partial charge in [0.1, 0.15) is 5.73 Å². The van der Waals surface area contributed by atoms with Crippen LogP contribution in [0.4, 0.5) is 4.39 Å². The molecule has 2 fully saturated rings. The SMILES string of the molecule is CC(=C(F)B1OC(C)(C)C(C)(C)O1)c1ccc(C#CC2CC2)s1. The van der Waals surface area contributed by atoms with Crippen LogP contribution >= 0.6 is 11.3 Å². The number of halogens is 1. The average Bonchev–Trinajstić information content (AvgIpc) is 3.13. The third kappa shape index (κ3) is 3.40. The van der Waals surface area contributed by atoms with E-state index in [9.17, 15) is 4.39 Å². The van der Waals surface area contributed by atoms with Crippen LogP contribution in [-0.2, 0) is 9.31 Å². The summed E-state index contributed by atoms with van der Waals surface area (Å²) in [6.07, 6.45) is 2.42. The van der Waals surface area contributed by atoms with E-state index in [1.807, 2.05) is 39.8 Å². The first-order chi connectivity index (χ1) is 10.7. The third-order valence-electron chi connectivity index (χ3n) is 4.77. The van der Waals surface area contributed by atoms with Crippen molar-refractivity contribution in [3.63, 3.8) is 0 Å². The Labute approximate surface area is 142 Å².